The van der Waals surface area contributed by atoms with Gasteiger partial charge in [-0.05, 0) is 30.0 Å². The predicted octanol–water partition coefficient (Wildman–Crippen LogP) is 3.86. The zero-order chi connectivity index (χ0) is 15.4. The van der Waals surface area contributed by atoms with Crippen LogP contribution in [-0.2, 0) is 6.54 Å². The highest BCUT2D eigenvalue weighted by molar-refractivity contribution is 6.33. The number of anilines is 1. The molecule has 2 aromatic rings. The van der Waals surface area contributed by atoms with Crippen molar-refractivity contribution in [1.29, 1.82) is 0 Å². The van der Waals surface area contributed by atoms with Crippen LogP contribution in [0.5, 0.6) is 0 Å². The van der Waals surface area contributed by atoms with Gasteiger partial charge in [0.2, 0.25) is 5.28 Å². The number of piperidine rings is 1. The van der Waals surface area contributed by atoms with Crippen molar-refractivity contribution in [1.82, 2.24) is 14.9 Å². The molecule has 0 radical (unpaired) electrons. The Labute approximate surface area is 140 Å². The van der Waals surface area contributed by atoms with E-state index in [2.05, 4.69) is 50.5 Å². The molecule has 22 heavy (non-hydrogen) atoms. The molecule has 0 spiro atoms. The zero-order valence-corrected chi connectivity index (χ0v) is 13.7. The van der Waals surface area contributed by atoms with E-state index >= 15 is 0 Å². The second-order valence-electron chi connectivity index (χ2n) is 5.52. The maximum Gasteiger partial charge on any atom is 0.224 e. The third-order valence-corrected chi connectivity index (χ3v) is 4.35. The van der Waals surface area contributed by atoms with E-state index in [0.29, 0.717) is 16.9 Å². The number of rotatable bonds is 4. The first-order valence-electron chi connectivity index (χ1n) is 7.41. The average Bonchev–Trinajstić information content (AvgIpc) is 2.54. The Bertz CT molecular complexity index is 613. The van der Waals surface area contributed by atoms with Crippen molar-refractivity contribution in [3.8, 4) is 0 Å². The fraction of sp³-hybridized carbons (Fsp3) is 0.375. The second-order valence-corrected chi connectivity index (χ2v) is 6.26. The number of benzene rings is 1. The molecule has 1 aliphatic rings. The lowest BCUT2D eigenvalue weighted by molar-refractivity contribution is 0.211. The summed E-state index contributed by atoms with van der Waals surface area (Å²) >= 11 is 11.9. The Morgan fingerprint density at radius 1 is 1.14 bits per heavy atom. The molecular weight excluding hydrogens is 319 g/mol. The summed E-state index contributed by atoms with van der Waals surface area (Å²) in [6, 6.07) is 10.9. The van der Waals surface area contributed by atoms with Crippen molar-refractivity contribution >= 4 is 29.0 Å². The van der Waals surface area contributed by atoms with Crippen LogP contribution in [-0.4, -0.2) is 34.0 Å². The lowest BCUT2D eigenvalue weighted by Gasteiger charge is -2.32. The van der Waals surface area contributed by atoms with Gasteiger partial charge >= 0.3 is 0 Å². The van der Waals surface area contributed by atoms with Crippen LogP contribution < -0.4 is 5.32 Å². The van der Waals surface area contributed by atoms with Crippen LogP contribution in [0.25, 0.3) is 0 Å². The van der Waals surface area contributed by atoms with E-state index in [1.54, 1.807) is 0 Å². The monoisotopic (exact) mass is 336 g/mol. The van der Waals surface area contributed by atoms with E-state index in [0.717, 1.165) is 32.5 Å². The van der Waals surface area contributed by atoms with Crippen LogP contribution in [0, 0.1) is 0 Å². The van der Waals surface area contributed by atoms with Gasteiger partial charge in [-0.1, -0.05) is 41.9 Å². The largest absolute Gasteiger partial charge is 0.366 e. The summed E-state index contributed by atoms with van der Waals surface area (Å²) in [7, 11) is 0. The molecule has 1 aliphatic heterocycles. The third kappa shape index (κ3) is 4.09. The Morgan fingerprint density at radius 3 is 2.59 bits per heavy atom. The molecule has 0 amide bonds. The van der Waals surface area contributed by atoms with Crippen molar-refractivity contribution < 1.29 is 0 Å². The quantitative estimate of drug-likeness (QED) is 0.860. The Kier molecular flexibility index (Phi) is 5.13. The Morgan fingerprint density at radius 2 is 1.86 bits per heavy atom. The fourth-order valence-electron chi connectivity index (χ4n) is 2.72. The number of hydrogen-bond donors (Lipinski definition) is 1. The summed E-state index contributed by atoms with van der Waals surface area (Å²) in [5, 5.41) is 4.11. The van der Waals surface area contributed by atoms with Gasteiger partial charge < -0.3 is 5.32 Å². The van der Waals surface area contributed by atoms with E-state index in [4.69, 9.17) is 23.2 Å². The first-order valence-corrected chi connectivity index (χ1v) is 8.17. The van der Waals surface area contributed by atoms with E-state index in [9.17, 15) is 0 Å². The van der Waals surface area contributed by atoms with Gasteiger partial charge in [-0.25, -0.2) is 4.98 Å². The molecule has 116 valence electrons. The maximum atomic E-state index is 6.09. The molecule has 0 aliphatic carbocycles. The minimum Gasteiger partial charge on any atom is -0.366 e. The molecule has 0 unspecified atom stereocenters. The fourth-order valence-corrected chi connectivity index (χ4v) is 3.00. The number of hydrogen-bond acceptors (Lipinski definition) is 4. The van der Waals surface area contributed by atoms with Crippen molar-refractivity contribution in [3.63, 3.8) is 0 Å². The van der Waals surface area contributed by atoms with Gasteiger partial charge in [0.25, 0.3) is 0 Å². The van der Waals surface area contributed by atoms with E-state index in [1.807, 2.05) is 0 Å². The summed E-state index contributed by atoms with van der Waals surface area (Å²) in [6.07, 6.45) is 3.65. The zero-order valence-electron chi connectivity index (χ0n) is 12.2. The lowest BCUT2D eigenvalue weighted by Crippen LogP contribution is -2.38. The third-order valence-electron chi connectivity index (χ3n) is 3.89. The van der Waals surface area contributed by atoms with Gasteiger partial charge in [-0.2, -0.15) is 4.98 Å². The number of nitrogens with one attached hydrogen (secondary N) is 1. The molecule has 6 heteroatoms. The molecular formula is C16H18Cl2N4. The standard InChI is InChI=1S/C16H18Cl2N4/c17-14-10-19-16(18)21-15(14)20-13-6-8-22(9-7-13)11-12-4-2-1-3-5-12/h1-5,10,13H,6-9,11H2,(H,19,20,21). The van der Waals surface area contributed by atoms with Gasteiger partial charge in [-0.15, -0.1) is 0 Å². The van der Waals surface area contributed by atoms with Crippen molar-refractivity contribution in [3.05, 3.63) is 52.4 Å². The SMILES string of the molecule is Clc1ncc(Cl)c(NC2CCN(Cc3ccccc3)CC2)n1. The normalized spacial score (nSPS) is 16.6. The average molecular weight is 337 g/mol. The number of nitrogens with zero attached hydrogens (tertiary/aromatic N) is 3. The smallest absolute Gasteiger partial charge is 0.224 e. The Hall–Kier alpha value is -1.36. The summed E-state index contributed by atoms with van der Waals surface area (Å²) < 4.78 is 0. The highest BCUT2D eigenvalue weighted by Crippen LogP contribution is 2.23. The molecule has 1 fully saturated rings. The summed E-state index contributed by atoms with van der Waals surface area (Å²) in [5.41, 5.74) is 1.36. The first kappa shape index (κ1) is 15.5. The number of aromatic nitrogens is 2. The van der Waals surface area contributed by atoms with Gasteiger partial charge in [0.1, 0.15) is 10.8 Å². The van der Waals surface area contributed by atoms with Crippen LogP contribution in [0.4, 0.5) is 5.82 Å². The molecule has 1 aromatic carbocycles. The molecule has 1 saturated heterocycles. The summed E-state index contributed by atoms with van der Waals surface area (Å²) in [5.74, 6) is 0.628. The summed E-state index contributed by atoms with van der Waals surface area (Å²) in [4.78, 5) is 10.5. The molecule has 1 aromatic heterocycles. The van der Waals surface area contributed by atoms with Gasteiger partial charge in [0, 0.05) is 25.7 Å². The highest BCUT2D eigenvalue weighted by Gasteiger charge is 2.20. The minimum absolute atomic E-state index is 0.216. The second kappa shape index (κ2) is 7.27. The Balaban J connectivity index is 1.52. The topological polar surface area (TPSA) is 41.1 Å². The number of halogens is 2. The van der Waals surface area contributed by atoms with E-state index < -0.39 is 0 Å². The molecule has 0 saturated carbocycles. The van der Waals surface area contributed by atoms with Crippen LogP contribution in [0.15, 0.2) is 36.5 Å². The van der Waals surface area contributed by atoms with Crippen LogP contribution in [0.3, 0.4) is 0 Å². The predicted molar refractivity (Wildman–Crippen MR) is 90.4 cm³/mol. The van der Waals surface area contributed by atoms with Crippen molar-refractivity contribution in [2.75, 3.05) is 18.4 Å². The van der Waals surface area contributed by atoms with Crippen LogP contribution in [0.2, 0.25) is 10.3 Å². The van der Waals surface area contributed by atoms with Gasteiger partial charge in [-0.3, -0.25) is 4.90 Å². The maximum absolute atomic E-state index is 6.09. The minimum atomic E-state index is 0.216. The summed E-state index contributed by atoms with van der Waals surface area (Å²) in [6.45, 7) is 3.12. The van der Waals surface area contributed by atoms with E-state index in [1.165, 1.54) is 11.8 Å². The van der Waals surface area contributed by atoms with Crippen molar-refractivity contribution in [2.45, 2.75) is 25.4 Å². The molecule has 3 rings (SSSR count). The molecule has 0 bridgehead atoms. The number of likely N-dealkylation sites (tertiary alicyclic amines) is 1. The van der Waals surface area contributed by atoms with Crippen molar-refractivity contribution in [2.24, 2.45) is 0 Å². The highest BCUT2D eigenvalue weighted by atomic mass is 35.5. The van der Waals surface area contributed by atoms with Gasteiger partial charge in [0.15, 0.2) is 0 Å². The lowest BCUT2D eigenvalue weighted by atomic mass is 10.0. The molecule has 0 atom stereocenters. The first-order chi connectivity index (χ1) is 10.7. The molecule has 4 nitrogen and oxygen atoms in total. The molecule has 2 heterocycles. The molecule has 1 N–H and O–H groups in total. The van der Waals surface area contributed by atoms with Crippen LogP contribution in [0.1, 0.15) is 18.4 Å². The van der Waals surface area contributed by atoms with Crippen LogP contribution >= 0.6 is 23.2 Å². The van der Waals surface area contributed by atoms with Gasteiger partial charge in [0.05, 0.1) is 6.20 Å². The van der Waals surface area contributed by atoms with E-state index in [-0.39, 0.29) is 5.28 Å².